The molecule has 15 heavy (non-hydrogen) atoms. The number of carbonyl (C=O) groups is 4. The maximum atomic E-state index is 11.5. The molecule has 1 amide bonds. The van der Waals surface area contributed by atoms with Crippen LogP contribution in [0.15, 0.2) is 0 Å². The highest BCUT2D eigenvalue weighted by molar-refractivity contribution is 6.24. The van der Waals surface area contributed by atoms with Gasteiger partial charge in [0, 0.05) is 0 Å². The Kier molecular flexibility index (Phi) is 3.18. The molecule has 0 radical (unpaired) electrons. The van der Waals surface area contributed by atoms with Crippen LogP contribution in [0, 0.1) is 5.92 Å². The summed E-state index contributed by atoms with van der Waals surface area (Å²) >= 11 is 0. The summed E-state index contributed by atoms with van der Waals surface area (Å²) < 4.78 is 4.36. The third-order valence-electron chi connectivity index (χ3n) is 2.21. The zero-order chi connectivity index (χ0) is 11.6. The molecule has 0 aromatic heterocycles. The molecule has 0 aromatic carbocycles. The Bertz CT molecular complexity index is 335. The van der Waals surface area contributed by atoms with Crippen LogP contribution in [0.3, 0.4) is 0 Å². The Hall–Kier alpha value is -1.72. The van der Waals surface area contributed by atoms with Crippen molar-refractivity contribution in [2.45, 2.75) is 19.4 Å². The van der Waals surface area contributed by atoms with E-state index in [-0.39, 0.29) is 6.42 Å². The van der Waals surface area contributed by atoms with Crippen molar-refractivity contribution < 1.29 is 23.9 Å². The SMILES string of the molecule is COC(=O)CC1NC(=O)C(C(C)=O)C1=O. The molecule has 2 unspecified atom stereocenters. The number of hydrogen-bond donors (Lipinski definition) is 1. The van der Waals surface area contributed by atoms with Crippen LogP contribution in [0.2, 0.25) is 0 Å². The van der Waals surface area contributed by atoms with E-state index in [1.54, 1.807) is 0 Å². The average molecular weight is 213 g/mol. The van der Waals surface area contributed by atoms with Crippen LogP contribution in [0.1, 0.15) is 13.3 Å². The van der Waals surface area contributed by atoms with Crippen molar-refractivity contribution in [1.82, 2.24) is 5.32 Å². The average Bonchev–Trinajstić information content (AvgIpc) is 2.41. The van der Waals surface area contributed by atoms with Crippen LogP contribution in [-0.4, -0.2) is 36.6 Å². The summed E-state index contributed by atoms with van der Waals surface area (Å²) in [5, 5.41) is 2.29. The summed E-state index contributed by atoms with van der Waals surface area (Å²) in [4.78, 5) is 44.6. The topological polar surface area (TPSA) is 89.5 Å². The number of carbonyl (C=O) groups excluding carboxylic acids is 4. The number of rotatable bonds is 3. The Morgan fingerprint density at radius 1 is 1.40 bits per heavy atom. The molecule has 1 rings (SSSR count). The van der Waals surface area contributed by atoms with E-state index in [9.17, 15) is 19.2 Å². The fourth-order valence-corrected chi connectivity index (χ4v) is 1.44. The van der Waals surface area contributed by atoms with Crippen LogP contribution < -0.4 is 5.32 Å². The first kappa shape index (κ1) is 11.4. The van der Waals surface area contributed by atoms with Gasteiger partial charge in [-0.15, -0.1) is 0 Å². The predicted octanol–water partition coefficient (Wildman–Crippen LogP) is -1.18. The summed E-state index contributed by atoms with van der Waals surface area (Å²) in [6, 6.07) is -0.932. The fraction of sp³-hybridized carbons (Fsp3) is 0.556. The third-order valence-corrected chi connectivity index (χ3v) is 2.21. The summed E-state index contributed by atoms with van der Waals surface area (Å²) in [7, 11) is 1.19. The maximum absolute atomic E-state index is 11.5. The lowest BCUT2D eigenvalue weighted by Crippen LogP contribution is -2.31. The minimum absolute atomic E-state index is 0.231. The largest absolute Gasteiger partial charge is 0.469 e. The zero-order valence-corrected chi connectivity index (χ0v) is 8.40. The molecule has 1 heterocycles. The molecule has 6 nitrogen and oxygen atoms in total. The van der Waals surface area contributed by atoms with Crippen molar-refractivity contribution in [3.8, 4) is 0 Å². The summed E-state index contributed by atoms with van der Waals surface area (Å²) in [5.74, 6) is -3.57. The first-order valence-electron chi connectivity index (χ1n) is 4.38. The smallest absolute Gasteiger partial charge is 0.308 e. The summed E-state index contributed by atoms with van der Waals surface area (Å²) in [6.45, 7) is 1.17. The van der Waals surface area contributed by atoms with Gasteiger partial charge in [0.15, 0.2) is 11.7 Å². The molecule has 82 valence electrons. The number of ketones is 2. The molecular formula is C9H11NO5. The van der Waals surface area contributed by atoms with Crippen LogP contribution in [-0.2, 0) is 23.9 Å². The highest BCUT2D eigenvalue weighted by Crippen LogP contribution is 2.15. The van der Waals surface area contributed by atoms with Gasteiger partial charge < -0.3 is 10.1 Å². The van der Waals surface area contributed by atoms with E-state index in [1.165, 1.54) is 14.0 Å². The second-order valence-electron chi connectivity index (χ2n) is 3.29. The van der Waals surface area contributed by atoms with Gasteiger partial charge in [0.05, 0.1) is 19.6 Å². The van der Waals surface area contributed by atoms with Gasteiger partial charge in [0.1, 0.15) is 5.78 Å². The summed E-state index contributed by atoms with van der Waals surface area (Å²) in [6.07, 6.45) is -0.231. The first-order valence-corrected chi connectivity index (χ1v) is 4.38. The lowest BCUT2D eigenvalue weighted by Gasteiger charge is -2.05. The normalized spacial score (nSPS) is 24.9. The molecule has 1 aliphatic rings. The molecule has 1 saturated heterocycles. The van der Waals surface area contributed by atoms with Crippen molar-refractivity contribution in [3.05, 3.63) is 0 Å². The Morgan fingerprint density at radius 3 is 2.40 bits per heavy atom. The monoisotopic (exact) mass is 213 g/mol. The second kappa shape index (κ2) is 4.20. The van der Waals surface area contributed by atoms with Crippen LogP contribution in [0.25, 0.3) is 0 Å². The van der Waals surface area contributed by atoms with Crippen molar-refractivity contribution in [2.24, 2.45) is 5.92 Å². The van der Waals surface area contributed by atoms with Gasteiger partial charge in [0.2, 0.25) is 5.91 Å². The van der Waals surface area contributed by atoms with Gasteiger partial charge in [0.25, 0.3) is 0 Å². The van der Waals surface area contributed by atoms with Crippen molar-refractivity contribution in [1.29, 1.82) is 0 Å². The Morgan fingerprint density at radius 2 is 2.00 bits per heavy atom. The lowest BCUT2D eigenvalue weighted by atomic mass is 9.98. The van der Waals surface area contributed by atoms with Crippen LogP contribution in [0.5, 0.6) is 0 Å². The fourth-order valence-electron chi connectivity index (χ4n) is 1.44. The van der Waals surface area contributed by atoms with E-state index in [1.807, 2.05) is 0 Å². The van der Waals surface area contributed by atoms with E-state index < -0.39 is 35.4 Å². The number of methoxy groups -OCH3 is 1. The van der Waals surface area contributed by atoms with Gasteiger partial charge in [-0.25, -0.2) is 0 Å². The maximum Gasteiger partial charge on any atom is 0.308 e. The number of esters is 1. The van der Waals surface area contributed by atoms with E-state index in [4.69, 9.17) is 0 Å². The Labute approximate surface area is 86.0 Å². The van der Waals surface area contributed by atoms with E-state index in [0.717, 1.165) is 0 Å². The predicted molar refractivity (Wildman–Crippen MR) is 47.7 cm³/mol. The quantitative estimate of drug-likeness (QED) is 0.471. The Balaban J connectivity index is 2.73. The molecule has 1 N–H and O–H groups in total. The van der Waals surface area contributed by atoms with Crippen molar-refractivity contribution in [3.63, 3.8) is 0 Å². The van der Waals surface area contributed by atoms with Crippen molar-refractivity contribution in [2.75, 3.05) is 7.11 Å². The van der Waals surface area contributed by atoms with Gasteiger partial charge in [-0.1, -0.05) is 0 Å². The van der Waals surface area contributed by atoms with Crippen LogP contribution >= 0.6 is 0 Å². The number of nitrogens with one attached hydrogen (secondary N) is 1. The minimum atomic E-state index is -1.26. The van der Waals surface area contributed by atoms with E-state index in [2.05, 4.69) is 10.1 Å². The minimum Gasteiger partial charge on any atom is -0.469 e. The zero-order valence-electron chi connectivity index (χ0n) is 8.40. The third kappa shape index (κ3) is 2.20. The first-order chi connectivity index (χ1) is 6.97. The number of amides is 1. The standard InChI is InChI=1S/C9H11NO5/c1-4(11)7-8(13)5(10-9(7)14)3-6(12)15-2/h5,7H,3H2,1-2H3,(H,10,14). The molecule has 1 fully saturated rings. The molecule has 6 heteroatoms. The molecule has 0 aliphatic carbocycles. The van der Waals surface area contributed by atoms with Crippen LogP contribution in [0.4, 0.5) is 0 Å². The van der Waals surface area contributed by atoms with Crippen molar-refractivity contribution >= 4 is 23.4 Å². The number of ether oxygens (including phenoxy) is 1. The molecule has 0 aromatic rings. The molecular weight excluding hydrogens is 202 g/mol. The van der Waals surface area contributed by atoms with Gasteiger partial charge in [-0.3, -0.25) is 19.2 Å². The molecule has 0 spiro atoms. The van der Waals surface area contributed by atoms with Gasteiger partial charge in [-0.05, 0) is 6.92 Å². The number of hydrogen-bond acceptors (Lipinski definition) is 5. The molecule has 0 bridgehead atoms. The van der Waals surface area contributed by atoms with E-state index >= 15 is 0 Å². The van der Waals surface area contributed by atoms with E-state index in [0.29, 0.717) is 0 Å². The van der Waals surface area contributed by atoms with Gasteiger partial charge >= 0.3 is 5.97 Å². The lowest BCUT2D eigenvalue weighted by molar-refractivity contribution is -0.143. The molecule has 0 saturated carbocycles. The second-order valence-corrected chi connectivity index (χ2v) is 3.29. The summed E-state index contributed by atoms with van der Waals surface area (Å²) in [5.41, 5.74) is 0. The molecule has 1 aliphatic heterocycles. The highest BCUT2D eigenvalue weighted by Gasteiger charge is 2.44. The highest BCUT2D eigenvalue weighted by atomic mass is 16.5. The number of Topliss-reactive ketones (excluding diaryl/α,β-unsaturated/α-hetero) is 2. The van der Waals surface area contributed by atoms with Gasteiger partial charge in [-0.2, -0.15) is 0 Å². The molecule has 2 atom stereocenters.